The molecule has 0 unspecified atom stereocenters. The molecular weight excluding hydrogens is 374 g/mol. The lowest BCUT2D eigenvalue weighted by Gasteiger charge is -2.05. The molecule has 6 nitrogen and oxygen atoms in total. The van der Waals surface area contributed by atoms with Crippen molar-refractivity contribution < 1.29 is 9.15 Å². The fourth-order valence-corrected chi connectivity index (χ4v) is 3.75. The van der Waals surface area contributed by atoms with E-state index >= 15 is 0 Å². The van der Waals surface area contributed by atoms with Gasteiger partial charge in [-0.25, -0.2) is 0 Å². The lowest BCUT2D eigenvalue weighted by atomic mass is 10.2. The average molecular weight is 395 g/mol. The molecule has 0 aliphatic rings. The summed E-state index contributed by atoms with van der Waals surface area (Å²) in [7, 11) is 0. The third-order valence-electron chi connectivity index (χ3n) is 4.35. The van der Waals surface area contributed by atoms with E-state index in [2.05, 4.69) is 17.0 Å². The van der Waals surface area contributed by atoms with Crippen molar-refractivity contribution in [2.75, 3.05) is 6.61 Å². The first-order valence-electron chi connectivity index (χ1n) is 9.35. The second-order valence-electron chi connectivity index (χ2n) is 6.57. The van der Waals surface area contributed by atoms with Gasteiger partial charge in [0.05, 0.1) is 6.61 Å². The average Bonchev–Trinajstić information content (AvgIpc) is 3.37. The van der Waals surface area contributed by atoms with Gasteiger partial charge in [-0.1, -0.05) is 31.1 Å². The molecule has 0 radical (unpaired) electrons. The quantitative estimate of drug-likeness (QED) is 0.445. The zero-order valence-electron chi connectivity index (χ0n) is 15.8. The number of unbranched alkanes of at least 4 members (excludes halogenated alkanes) is 2. The van der Waals surface area contributed by atoms with Gasteiger partial charge in [-0.3, -0.25) is 4.79 Å². The van der Waals surface area contributed by atoms with Crippen molar-refractivity contribution in [3.05, 3.63) is 62.8 Å². The van der Waals surface area contributed by atoms with Gasteiger partial charge in [-0.2, -0.15) is 9.50 Å². The molecule has 4 rings (SSSR count). The third kappa shape index (κ3) is 3.84. The van der Waals surface area contributed by atoms with E-state index < -0.39 is 0 Å². The number of benzene rings is 1. The molecule has 0 aliphatic carbocycles. The van der Waals surface area contributed by atoms with Gasteiger partial charge < -0.3 is 9.15 Å². The van der Waals surface area contributed by atoms with E-state index in [1.165, 1.54) is 28.7 Å². The van der Waals surface area contributed by atoms with E-state index in [1.807, 2.05) is 43.3 Å². The number of rotatable bonds is 7. The molecular formula is C21H21N3O3S. The van der Waals surface area contributed by atoms with Gasteiger partial charge in [0.15, 0.2) is 5.82 Å². The maximum atomic E-state index is 12.6. The Balaban J connectivity index is 1.55. The highest BCUT2D eigenvalue weighted by Gasteiger charge is 2.12. The lowest BCUT2D eigenvalue weighted by Crippen LogP contribution is -2.23. The minimum absolute atomic E-state index is 0.191. The van der Waals surface area contributed by atoms with Crippen molar-refractivity contribution in [3.8, 4) is 17.1 Å². The first kappa shape index (κ1) is 18.4. The highest BCUT2D eigenvalue weighted by molar-refractivity contribution is 7.15. The summed E-state index contributed by atoms with van der Waals surface area (Å²) in [4.78, 5) is 17.7. The largest absolute Gasteiger partial charge is 0.494 e. The standard InChI is InChI=1S/C21H21N3O3S/c1-3-4-5-12-26-16-10-7-15(8-11-16)19-22-21-24(23-19)20(25)18(28-21)13-17-9-6-14(2)27-17/h6-11,13H,3-5,12H2,1-2H3. The van der Waals surface area contributed by atoms with Crippen LogP contribution in [0, 0.1) is 6.92 Å². The van der Waals surface area contributed by atoms with Crippen molar-refractivity contribution in [2.45, 2.75) is 33.1 Å². The van der Waals surface area contributed by atoms with Crippen molar-refractivity contribution in [1.29, 1.82) is 0 Å². The molecule has 0 bridgehead atoms. The van der Waals surface area contributed by atoms with Gasteiger partial charge in [-0.15, -0.1) is 5.10 Å². The predicted octanol–water partition coefficient (Wildman–Crippen LogP) is 3.84. The van der Waals surface area contributed by atoms with E-state index in [0.717, 1.165) is 30.1 Å². The molecule has 0 saturated heterocycles. The Kier molecular flexibility index (Phi) is 5.25. The normalized spacial score (nSPS) is 12.1. The summed E-state index contributed by atoms with van der Waals surface area (Å²) >= 11 is 1.30. The van der Waals surface area contributed by atoms with Crippen LogP contribution in [0.4, 0.5) is 0 Å². The van der Waals surface area contributed by atoms with Gasteiger partial charge >= 0.3 is 0 Å². The number of hydrogen-bond acceptors (Lipinski definition) is 6. The van der Waals surface area contributed by atoms with Crippen LogP contribution < -0.4 is 14.8 Å². The Hall–Kier alpha value is -2.93. The number of ether oxygens (including phenoxy) is 1. The van der Waals surface area contributed by atoms with Gasteiger partial charge in [0.1, 0.15) is 21.8 Å². The Bertz CT molecular complexity index is 1190. The predicted molar refractivity (Wildman–Crippen MR) is 110 cm³/mol. The summed E-state index contributed by atoms with van der Waals surface area (Å²) < 4.78 is 13.1. The van der Waals surface area contributed by atoms with E-state index in [1.54, 1.807) is 6.08 Å². The van der Waals surface area contributed by atoms with Crippen LogP contribution in [-0.4, -0.2) is 21.2 Å². The molecule has 28 heavy (non-hydrogen) atoms. The SMILES string of the molecule is CCCCCOc1ccc(-c2nc3sc(=Cc4ccc(C)o4)c(=O)n3n2)cc1. The molecule has 7 heteroatoms. The van der Waals surface area contributed by atoms with E-state index in [-0.39, 0.29) is 5.56 Å². The zero-order chi connectivity index (χ0) is 19.5. The van der Waals surface area contributed by atoms with Crippen molar-refractivity contribution >= 4 is 22.4 Å². The lowest BCUT2D eigenvalue weighted by molar-refractivity contribution is 0.306. The van der Waals surface area contributed by atoms with Gasteiger partial charge in [0, 0.05) is 11.6 Å². The molecule has 144 valence electrons. The second-order valence-corrected chi connectivity index (χ2v) is 7.58. The maximum absolute atomic E-state index is 12.6. The molecule has 3 heterocycles. The van der Waals surface area contributed by atoms with Crippen LogP contribution in [-0.2, 0) is 0 Å². The number of aromatic nitrogens is 3. The topological polar surface area (TPSA) is 69.6 Å². The minimum atomic E-state index is -0.191. The van der Waals surface area contributed by atoms with E-state index in [0.29, 0.717) is 21.1 Å². The summed E-state index contributed by atoms with van der Waals surface area (Å²) in [5.41, 5.74) is 0.659. The van der Waals surface area contributed by atoms with Gasteiger partial charge in [0.2, 0.25) is 4.96 Å². The highest BCUT2D eigenvalue weighted by Crippen LogP contribution is 2.20. The Morgan fingerprint density at radius 1 is 1.18 bits per heavy atom. The van der Waals surface area contributed by atoms with Crippen LogP contribution in [0.3, 0.4) is 0 Å². The monoisotopic (exact) mass is 395 g/mol. The fourth-order valence-electron chi connectivity index (χ4n) is 2.86. The first-order valence-corrected chi connectivity index (χ1v) is 10.2. The smallest absolute Gasteiger partial charge is 0.291 e. The fraction of sp³-hybridized carbons (Fsp3) is 0.286. The highest BCUT2D eigenvalue weighted by atomic mass is 32.1. The maximum Gasteiger partial charge on any atom is 0.291 e. The molecule has 1 aromatic carbocycles. The van der Waals surface area contributed by atoms with Crippen LogP contribution in [0.25, 0.3) is 22.4 Å². The number of hydrogen-bond donors (Lipinski definition) is 0. The molecule has 0 amide bonds. The summed E-state index contributed by atoms with van der Waals surface area (Å²) in [6, 6.07) is 11.3. The summed E-state index contributed by atoms with van der Waals surface area (Å²) in [6.45, 7) is 4.76. The van der Waals surface area contributed by atoms with Crippen LogP contribution in [0.5, 0.6) is 5.75 Å². The van der Waals surface area contributed by atoms with Crippen LogP contribution in [0.15, 0.2) is 45.6 Å². The number of furan rings is 1. The molecule has 3 aromatic heterocycles. The van der Waals surface area contributed by atoms with Gasteiger partial charge in [0.25, 0.3) is 5.56 Å². The second kappa shape index (κ2) is 7.98. The minimum Gasteiger partial charge on any atom is -0.494 e. The molecule has 0 saturated carbocycles. The molecule has 0 fully saturated rings. The number of fused-ring (bicyclic) bond motifs is 1. The Morgan fingerprint density at radius 2 is 2.00 bits per heavy atom. The Labute approximate surface area is 166 Å². The van der Waals surface area contributed by atoms with Crippen molar-refractivity contribution in [3.63, 3.8) is 0 Å². The number of nitrogens with zero attached hydrogens (tertiary/aromatic N) is 3. The van der Waals surface area contributed by atoms with Crippen LogP contribution in [0.1, 0.15) is 37.7 Å². The summed E-state index contributed by atoms with van der Waals surface area (Å²) in [5, 5.41) is 4.38. The Morgan fingerprint density at radius 3 is 2.68 bits per heavy atom. The number of aryl methyl sites for hydroxylation is 1. The first-order chi connectivity index (χ1) is 13.6. The molecule has 0 aliphatic heterocycles. The molecule has 0 spiro atoms. The van der Waals surface area contributed by atoms with E-state index in [9.17, 15) is 4.79 Å². The van der Waals surface area contributed by atoms with Crippen molar-refractivity contribution in [1.82, 2.24) is 14.6 Å². The summed E-state index contributed by atoms with van der Waals surface area (Å²) in [6.07, 6.45) is 5.12. The molecule has 0 N–H and O–H groups in total. The van der Waals surface area contributed by atoms with Gasteiger partial charge in [-0.05, 0) is 49.7 Å². The van der Waals surface area contributed by atoms with Crippen LogP contribution in [0.2, 0.25) is 0 Å². The zero-order valence-corrected chi connectivity index (χ0v) is 16.7. The third-order valence-corrected chi connectivity index (χ3v) is 5.30. The number of thiazole rings is 1. The summed E-state index contributed by atoms with van der Waals surface area (Å²) in [5.74, 6) is 2.81. The molecule has 0 atom stereocenters. The van der Waals surface area contributed by atoms with Crippen LogP contribution >= 0.6 is 11.3 Å². The molecule has 4 aromatic rings. The van der Waals surface area contributed by atoms with Crippen molar-refractivity contribution in [2.24, 2.45) is 0 Å². The van der Waals surface area contributed by atoms with E-state index in [4.69, 9.17) is 9.15 Å².